The molecule has 2 N–H and O–H groups in total. The zero-order valence-electron chi connectivity index (χ0n) is 14.4. The Morgan fingerprint density at radius 1 is 1.00 bits per heavy atom. The van der Waals surface area contributed by atoms with E-state index in [2.05, 4.69) is 0 Å². The molecule has 0 aromatic heterocycles. The Balaban J connectivity index is 1.67. The number of aliphatic hydroxyl groups excluding tert-OH is 2. The number of carbonyl (C=O) groups is 1. The molecule has 1 aliphatic heterocycles. The van der Waals surface area contributed by atoms with Gasteiger partial charge in [-0.2, -0.15) is 0 Å². The molecule has 2 aromatic carbocycles. The third-order valence-electron chi connectivity index (χ3n) is 4.31. The summed E-state index contributed by atoms with van der Waals surface area (Å²) in [6.45, 7) is 1.96. The van der Waals surface area contributed by atoms with Gasteiger partial charge in [0, 0.05) is 0 Å². The number of aliphatic hydroxyl groups is 2. The van der Waals surface area contributed by atoms with E-state index in [1.807, 2.05) is 30.3 Å². The predicted octanol–water partition coefficient (Wildman–Crippen LogP) is 1.90. The maximum atomic E-state index is 12.2. The Bertz CT molecular complexity index is 705. The first-order valence-corrected chi connectivity index (χ1v) is 8.49. The normalized spacial score (nSPS) is 28.5. The first-order chi connectivity index (χ1) is 12.6. The second-order valence-corrected chi connectivity index (χ2v) is 6.22. The first-order valence-electron chi connectivity index (χ1n) is 8.49. The standard InChI is InChI=1S/C20H22O6/c1-13-17(24-12-14-8-4-2-5-9-14)16(21)18(20(23)25-13)26-19(22)15-10-6-3-7-11-15/h2-11,13,16-18,20-21,23H,12H2,1H3/t13-,16+,17-,18+,20+/m0/s1. The smallest absolute Gasteiger partial charge is 0.338 e. The van der Waals surface area contributed by atoms with Gasteiger partial charge >= 0.3 is 5.97 Å². The SMILES string of the molecule is C[C@@H]1O[C@@H](O)[C@H](OC(=O)c2ccccc2)[C@H](O)[C@H]1OCc1ccccc1. The fraction of sp³-hybridized carbons (Fsp3) is 0.350. The molecule has 3 rings (SSSR count). The van der Waals surface area contributed by atoms with Crippen molar-refractivity contribution in [3.63, 3.8) is 0 Å². The second-order valence-electron chi connectivity index (χ2n) is 6.22. The van der Waals surface area contributed by atoms with Crippen molar-refractivity contribution in [3.8, 4) is 0 Å². The van der Waals surface area contributed by atoms with Crippen LogP contribution in [-0.2, 0) is 20.8 Å². The van der Waals surface area contributed by atoms with Crippen molar-refractivity contribution in [2.24, 2.45) is 0 Å². The van der Waals surface area contributed by atoms with Crippen LogP contribution in [0, 0.1) is 0 Å². The summed E-state index contributed by atoms with van der Waals surface area (Å²) < 4.78 is 16.5. The summed E-state index contributed by atoms with van der Waals surface area (Å²) in [5.74, 6) is -0.645. The average molecular weight is 358 g/mol. The third-order valence-corrected chi connectivity index (χ3v) is 4.31. The molecule has 0 spiro atoms. The predicted molar refractivity (Wildman–Crippen MR) is 93.2 cm³/mol. The number of hydrogen-bond donors (Lipinski definition) is 2. The fourth-order valence-corrected chi connectivity index (χ4v) is 2.90. The number of benzene rings is 2. The summed E-state index contributed by atoms with van der Waals surface area (Å²) in [5, 5.41) is 20.7. The average Bonchev–Trinajstić information content (AvgIpc) is 2.66. The maximum absolute atomic E-state index is 12.2. The molecule has 1 heterocycles. The van der Waals surface area contributed by atoms with E-state index in [-0.39, 0.29) is 6.61 Å². The minimum atomic E-state index is -1.43. The first kappa shape index (κ1) is 18.5. The molecule has 6 nitrogen and oxygen atoms in total. The number of carbonyl (C=O) groups excluding carboxylic acids is 1. The van der Waals surface area contributed by atoms with Crippen LogP contribution in [0.15, 0.2) is 60.7 Å². The van der Waals surface area contributed by atoms with E-state index in [4.69, 9.17) is 14.2 Å². The van der Waals surface area contributed by atoms with Crippen molar-refractivity contribution in [1.29, 1.82) is 0 Å². The Hall–Kier alpha value is -2.25. The summed E-state index contributed by atoms with van der Waals surface area (Å²) in [4.78, 5) is 12.2. The van der Waals surface area contributed by atoms with Crippen molar-refractivity contribution in [3.05, 3.63) is 71.8 Å². The van der Waals surface area contributed by atoms with Gasteiger partial charge in [-0.15, -0.1) is 0 Å². The van der Waals surface area contributed by atoms with Crippen LogP contribution in [-0.4, -0.2) is 46.9 Å². The lowest BCUT2D eigenvalue weighted by molar-refractivity contribution is -0.286. The van der Waals surface area contributed by atoms with E-state index in [0.29, 0.717) is 5.56 Å². The van der Waals surface area contributed by atoms with Gasteiger partial charge in [-0.1, -0.05) is 48.5 Å². The van der Waals surface area contributed by atoms with Crippen molar-refractivity contribution in [2.45, 2.75) is 44.2 Å². The van der Waals surface area contributed by atoms with Crippen LogP contribution < -0.4 is 0 Å². The summed E-state index contributed by atoms with van der Waals surface area (Å²) in [7, 11) is 0. The van der Waals surface area contributed by atoms with E-state index in [1.165, 1.54) is 0 Å². The van der Waals surface area contributed by atoms with Crippen molar-refractivity contribution in [2.75, 3.05) is 0 Å². The lowest BCUT2D eigenvalue weighted by Crippen LogP contribution is -2.58. The molecule has 0 saturated carbocycles. The van der Waals surface area contributed by atoms with Crippen molar-refractivity contribution in [1.82, 2.24) is 0 Å². The van der Waals surface area contributed by atoms with Gasteiger partial charge in [0.15, 0.2) is 12.4 Å². The molecule has 138 valence electrons. The van der Waals surface area contributed by atoms with Gasteiger partial charge in [-0.3, -0.25) is 0 Å². The van der Waals surface area contributed by atoms with Gasteiger partial charge in [0.05, 0.1) is 18.3 Å². The molecular formula is C20H22O6. The monoisotopic (exact) mass is 358 g/mol. The Morgan fingerprint density at radius 3 is 2.27 bits per heavy atom. The van der Waals surface area contributed by atoms with Crippen LogP contribution in [0.3, 0.4) is 0 Å². The molecule has 0 radical (unpaired) electrons. The molecule has 5 atom stereocenters. The second kappa shape index (κ2) is 8.42. The van der Waals surface area contributed by atoms with Crippen LogP contribution in [0.25, 0.3) is 0 Å². The fourth-order valence-electron chi connectivity index (χ4n) is 2.90. The van der Waals surface area contributed by atoms with Crippen LogP contribution in [0.1, 0.15) is 22.8 Å². The van der Waals surface area contributed by atoms with Crippen LogP contribution in [0.5, 0.6) is 0 Å². The minimum absolute atomic E-state index is 0.270. The Kier molecular flexibility index (Phi) is 6.00. The zero-order valence-corrected chi connectivity index (χ0v) is 14.4. The Labute approximate surface area is 151 Å². The van der Waals surface area contributed by atoms with E-state index in [0.717, 1.165) is 5.56 Å². The van der Waals surface area contributed by atoms with Gasteiger partial charge in [0.2, 0.25) is 0 Å². The highest BCUT2D eigenvalue weighted by Gasteiger charge is 2.46. The number of rotatable bonds is 5. The summed E-state index contributed by atoms with van der Waals surface area (Å²) >= 11 is 0. The van der Waals surface area contributed by atoms with E-state index in [1.54, 1.807) is 37.3 Å². The van der Waals surface area contributed by atoms with E-state index < -0.39 is 36.7 Å². The lowest BCUT2D eigenvalue weighted by Gasteiger charge is -2.40. The van der Waals surface area contributed by atoms with Gasteiger partial charge in [0.1, 0.15) is 12.2 Å². The summed E-state index contributed by atoms with van der Waals surface area (Å²) in [6, 6.07) is 17.9. The molecular weight excluding hydrogens is 336 g/mol. The van der Waals surface area contributed by atoms with Crippen LogP contribution in [0.2, 0.25) is 0 Å². The van der Waals surface area contributed by atoms with Gasteiger partial charge in [0.25, 0.3) is 0 Å². The molecule has 1 saturated heterocycles. The maximum Gasteiger partial charge on any atom is 0.338 e. The number of ether oxygens (including phenoxy) is 3. The molecule has 0 aliphatic carbocycles. The van der Waals surface area contributed by atoms with Crippen molar-refractivity contribution < 1.29 is 29.2 Å². The van der Waals surface area contributed by atoms with Crippen molar-refractivity contribution >= 4 is 5.97 Å². The molecule has 1 aliphatic rings. The van der Waals surface area contributed by atoms with Gasteiger partial charge in [-0.25, -0.2) is 4.79 Å². The summed E-state index contributed by atoms with van der Waals surface area (Å²) in [5.41, 5.74) is 1.27. The highest BCUT2D eigenvalue weighted by Crippen LogP contribution is 2.26. The molecule has 0 amide bonds. The lowest BCUT2D eigenvalue weighted by atomic mass is 9.99. The Morgan fingerprint density at radius 2 is 1.62 bits per heavy atom. The topological polar surface area (TPSA) is 85.2 Å². The van der Waals surface area contributed by atoms with E-state index in [9.17, 15) is 15.0 Å². The molecule has 2 aromatic rings. The molecule has 26 heavy (non-hydrogen) atoms. The van der Waals surface area contributed by atoms with E-state index >= 15 is 0 Å². The summed E-state index contributed by atoms with van der Waals surface area (Å²) in [6.07, 6.45) is -5.18. The highest BCUT2D eigenvalue weighted by atomic mass is 16.7. The molecule has 0 unspecified atom stereocenters. The quantitative estimate of drug-likeness (QED) is 0.794. The number of hydrogen-bond acceptors (Lipinski definition) is 6. The molecule has 0 bridgehead atoms. The largest absolute Gasteiger partial charge is 0.450 e. The zero-order chi connectivity index (χ0) is 18.5. The molecule has 6 heteroatoms. The van der Waals surface area contributed by atoms with Crippen LogP contribution >= 0.6 is 0 Å². The minimum Gasteiger partial charge on any atom is -0.450 e. The third kappa shape index (κ3) is 4.28. The van der Waals surface area contributed by atoms with Crippen LogP contribution in [0.4, 0.5) is 0 Å². The highest BCUT2D eigenvalue weighted by molar-refractivity contribution is 5.89. The van der Waals surface area contributed by atoms with Gasteiger partial charge in [-0.05, 0) is 24.6 Å². The number of esters is 1. The van der Waals surface area contributed by atoms with Gasteiger partial charge < -0.3 is 24.4 Å². The molecule has 1 fully saturated rings.